The predicted octanol–water partition coefficient (Wildman–Crippen LogP) is -1.53. The van der Waals surface area contributed by atoms with E-state index in [9.17, 15) is 5.11 Å². The number of nitrogens with two attached hydrogens (primary N) is 1. The topological polar surface area (TPSA) is 52.7 Å². The van der Waals surface area contributed by atoms with Gasteiger partial charge in [0, 0.05) is 13.1 Å². The van der Waals surface area contributed by atoms with Gasteiger partial charge >= 0.3 is 0 Å². The van der Waals surface area contributed by atoms with Crippen molar-refractivity contribution in [3.63, 3.8) is 0 Å². The smallest absolute Gasteiger partial charge is 0.121 e. The van der Waals surface area contributed by atoms with Crippen molar-refractivity contribution >= 4 is 0 Å². The minimum absolute atomic E-state index is 0.0336. The van der Waals surface area contributed by atoms with Crippen LogP contribution in [0, 0.1) is 0 Å². The molecule has 4 nitrogen and oxygen atoms in total. The van der Waals surface area contributed by atoms with Crippen LogP contribution in [0.3, 0.4) is 0 Å². The molecule has 0 amide bonds. The third-order valence-corrected chi connectivity index (χ3v) is 1.97. The second kappa shape index (κ2) is 2.84. The molecule has 0 radical (unpaired) electrons. The molecule has 4 heteroatoms. The zero-order chi connectivity index (χ0) is 7.72. The largest absolute Gasteiger partial charge is 0.377 e. The summed E-state index contributed by atoms with van der Waals surface area (Å²) in [5.74, 6) is 0. The maximum atomic E-state index is 9.32. The van der Waals surface area contributed by atoms with Crippen molar-refractivity contribution in [3.05, 3.63) is 0 Å². The Kier molecular flexibility index (Phi) is 2.25. The first-order valence-corrected chi connectivity index (χ1v) is 3.45. The first-order chi connectivity index (χ1) is 4.61. The molecule has 0 aliphatic carbocycles. The van der Waals surface area contributed by atoms with Crippen LogP contribution in [0.25, 0.3) is 0 Å². The summed E-state index contributed by atoms with van der Waals surface area (Å²) in [6, 6.07) is 0. The fraction of sp³-hybridized carbons (Fsp3) is 1.00. The predicted molar refractivity (Wildman–Crippen MR) is 39.2 cm³/mol. The second-order valence-corrected chi connectivity index (χ2v) is 2.93. The third-order valence-electron chi connectivity index (χ3n) is 1.97. The molecular weight excluding hydrogens is 130 g/mol. The summed E-state index contributed by atoms with van der Waals surface area (Å²) in [4.78, 5) is 3.80. The SMILES string of the molecule is CN1CC(N)N(C)C(O)C1. The maximum absolute atomic E-state index is 9.32. The van der Waals surface area contributed by atoms with Gasteiger partial charge < -0.3 is 10.8 Å². The molecular formula is C6H15N3O. The fourth-order valence-electron chi connectivity index (χ4n) is 1.15. The monoisotopic (exact) mass is 145 g/mol. The lowest BCUT2D eigenvalue weighted by Gasteiger charge is -2.39. The number of aliphatic hydroxyl groups excluding tert-OH is 1. The van der Waals surface area contributed by atoms with E-state index in [4.69, 9.17) is 5.73 Å². The molecule has 3 N–H and O–H groups in total. The lowest BCUT2D eigenvalue weighted by atomic mass is 10.3. The van der Waals surface area contributed by atoms with Crippen molar-refractivity contribution in [2.24, 2.45) is 5.73 Å². The van der Waals surface area contributed by atoms with Gasteiger partial charge in [-0.25, -0.2) is 0 Å². The number of hydrogen-bond donors (Lipinski definition) is 2. The van der Waals surface area contributed by atoms with Gasteiger partial charge in [-0.2, -0.15) is 0 Å². The number of piperazine rings is 1. The Labute approximate surface area is 61.2 Å². The first kappa shape index (κ1) is 7.94. The van der Waals surface area contributed by atoms with Crippen LogP contribution in [0.2, 0.25) is 0 Å². The summed E-state index contributed by atoms with van der Waals surface area (Å²) in [5.41, 5.74) is 5.68. The van der Waals surface area contributed by atoms with Gasteiger partial charge in [0.1, 0.15) is 6.23 Å². The fourth-order valence-corrected chi connectivity index (χ4v) is 1.15. The van der Waals surface area contributed by atoms with E-state index in [2.05, 4.69) is 0 Å². The summed E-state index contributed by atoms with van der Waals surface area (Å²) in [7, 11) is 3.79. The normalized spacial score (nSPS) is 38.4. The minimum atomic E-state index is -0.409. The van der Waals surface area contributed by atoms with Crippen LogP contribution in [0.1, 0.15) is 0 Å². The number of hydrogen-bond acceptors (Lipinski definition) is 4. The summed E-state index contributed by atoms with van der Waals surface area (Å²) in [6.07, 6.45) is -0.442. The van der Waals surface area contributed by atoms with E-state index in [-0.39, 0.29) is 6.17 Å². The molecule has 0 saturated carbocycles. The van der Waals surface area contributed by atoms with Crippen LogP contribution in [-0.2, 0) is 0 Å². The molecule has 1 heterocycles. The molecule has 2 unspecified atom stereocenters. The van der Waals surface area contributed by atoms with Gasteiger partial charge in [0.25, 0.3) is 0 Å². The molecule has 0 aromatic carbocycles. The van der Waals surface area contributed by atoms with E-state index in [0.717, 1.165) is 6.54 Å². The molecule has 0 bridgehead atoms. The van der Waals surface area contributed by atoms with Gasteiger partial charge in [0.05, 0.1) is 6.17 Å². The van der Waals surface area contributed by atoms with Crippen molar-refractivity contribution < 1.29 is 5.11 Å². The molecule has 2 atom stereocenters. The van der Waals surface area contributed by atoms with Crippen LogP contribution in [0.15, 0.2) is 0 Å². The Morgan fingerprint density at radius 3 is 2.50 bits per heavy atom. The Bertz CT molecular complexity index is 108. The Morgan fingerprint density at radius 1 is 1.40 bits per heavy atom. The number of aliphatic hydroxyl groups is 1. The molecule has 0 aromatic heterocycles. The molecule has 0 spiro atoms. The van der Waals surface area contributed by atoms with Crippen LogP contribution in [0.4, 0.5) is 0 Å². The van der Waals surface area contributed by atoms with Crippen molar-refractivity contribution in [1.82, 2.24) is 9.80 Å². The van der Waals surface area contributed by atoms with E-state index >= 15 is 0 Å². The first-order valence-electron chi connectivity index (χ1n) is 3.45. The lowest BCUT2D eigenvalue weighted by Crippen LogP contribution is -2.59. The summed E-state index contributed by atoms with van der Waals surface area (Å²) in [5, 5.41) is 9.32. The molecule has 1 fully saturated rings. The standard InChI is InChI=1S/C6H15N3O/c1-8-3-5(7)9(2)6(10)4-8/h5-6,10H,3-4,7H2,1-2H3. The van der Waals surface area contributed by atoms with E-state index in [1.54, 1.807) is 4.90 Å². The number of β-amino-alcohol motifs (C(OH)–C–C–N with tert-alkyl or cyclic N) is 1. The average molecular weight is 145 g/mol. The molecule has 0 aromatic rings. The van der Waals surface area contributed by atoms with E-state index < -0.39 is 6.23 Å². The maximum Gasteiger partial charge on any atom is 0.121 e. The molecule has 10 heavy (non-hydrogen) atoms. The van der Waals surface area contributed by atoms with Gasteiger partial charge in [-0.15, -0.1) is 0 Å². The van der Waals surface area contributed by atoms with E-state index in [1.165, 1.54) is 0 Å². The quantitative estimate of drug-likeness (QED) is 0.434. The average Bonchev–Trinajstić information content (AvgIpc) is 1.82. The van der Waals surface area contributed by atoms with Crippen molar-refractivity contribution in [2.75, 3.05) is 27.2 Å². The minimum Gasteiger partial charge on any atom is -0.377 e. The van der Waals surface area contributed by atoms with Crippen LogP contribution < -0.4 is 5.73 Å². The third kappa shape index (κ3) is 1.46. The number of likely N-dealkylation sites (N-methyl/N-ethyl adjacent to an activating group) is 2. The van der Waals surface area contributed by atoms with Crippen LogP contribution >= 0.6 is 0 Å². The van der Waals surface area contributed by atoms with Crippen molar-refractivity contribution in [2.45, 2.75) is 12.4 Å². The van der Waals surface area contributed by atoms with Crippen LogP contribution in [0.5, 0.6) is 0 Å². The highest BCUT2D eigenvalue weighted by atomic mass is 16.3. The molecule has 1 rings (SSSR count). The summed E-state index contributed by atoms with van der Waals surface area (Å²) in [6.45, 7) is 1.51. The Morgan fingerprint density at radius 2 is 2.00 bits per heavy atom. The lowest BCUT2D eigenvalue weighted by molar-refractivity contribution is -0.0637. The van der Waals surface area contributed by atoms with Crippen molar-refractivity contribution in [1.29, 1.82) is 0 Å². The molecule has 1 aliphatic rings. The summed E-state index contributed by atoms with van der Waals surface area (Å²) < 4.78 is 0. The van der Waals surface area contributed by atoms with E-state index in [0.29, 0.717) is 6.54 Å². The highest BCUT2D eigenvalue weighted by Gasteiger charge is 2.25. The Balaban J connectivity index is 2.49. The van der Waals surface area contributed by atoms with Gasteiger partial charge in [0.2, 0.25) is 0 Å². The number of rotatable bonds is 0. The molecule has 1 saturated heterocycles. The molecule has 1 aliphatic heterocycles. The highest BCUT2D eigenvalue weighted by molar-refractivity contribution is 4.76. The second-order valence-electron chi connectivity index (χ2n) is 2.93. The van der Waals surface area contributed by atoms with E-state index in [1.807, 2.05) is 19.0 Å². The zero-order valence-electron chi connectivity index (χ0n) is 6.49. The highest BCUT2D eigenvalue weighted by Crippen LogP contribution is 2.05. The van der Waals surface area contributed by atoms with Gasteiger partial charge in [-0.3, -0.25) is 9.80 Å². The Hall–Kier alpha value is -0.160. The van der Waals surface area contributed by atoms with Crippen molar-refractivity contribution in [3.8, 4) is 0 Å². The molecule has 60 valence electrons. The summed E-state index contributed by atoms with van der Waals surface area (Å²) >= 11 is 0. The van der Waals surface area contributed by atoms with Gasteiger partial charge in [-0.05, 0) is 14.1 Å². The van der Waals surface area contributed by atoms with Gasteiger partial charge in [0.15, 0.2) is 0 Å². The van der Waals surface area contributed by atoms with Gasteiger partial charge in [-0.1, -0.05) is 0 Å². The van der Waals surface area contributed by atoms with Crippen LogP contribution in [-0.4, -0.2) is 54.5 Å². The zero-order valence-corrected chi connectivity index (χ0v) is 6.49. The number of nitrogens with zero attached hydrogens (tertiary/aromatic N) is 2.